The van der Waals surface area contributed by atoms with Gasteiger partial charge in [-0.25, -0.2) is 8.42 Å². The van der Waals surface area contributed by atoms with Crippen molar-refractivity contribution in [2.45, 2.75) is 23.9 Å². The number of carboxylic acid groups (broad SMARTS) is 1. The van der Waals surface area contributed by atoms with Gasteiger partial charge in [-0.05, 0) is 29.7 Å². The number of aliphatic carboxylic acids is 1. The molecule has 114 valence electrons. The van der Waals surface area contributed by atoms with E-state index in [0.717, 1.165) is 15.4 Å². The van der Waals surface area contributed by atoms with E-state index in [4.69, 9.17) is 0 Å². The van der Waals surface area contributed by atoms with Gasteiger partial charge in [0.05, 0.1) is 16.9 Å². The molecule has 0 spiro atoms. The van der Waals surface area contributed by atoms with E-state index in [1.165, 1.54) is 12.1 Å². The number of hydrogen-bond donors (Lipinski definition) is 0. The minimum absolute atomic E-state index is 0.0338. The standard InChI is InChI=1S/C16H15NO4S/c18-16(19)15-10-12-6-4-5-7-13(12)11-17(15)22(20,21)14-8-2-1-3-9-14/h1-9,15H,10-11H2,(H,18,19)/p-1/t15-/m1/s1. The Labute approximate surface area is 128 Å². The summed E-state index contributed by atoms with van der Waals surface area (Å²) in [5.74, 6) is -1.38. The summed E-state index contributed by atoms with van der Waals surface area (Å²) in [4.78, 5) is 11.5. The van der Waals surface area contributed by atoms with Crippen LogP contribution in [0.5, 0.6) is 0 Å². The van der Waals surface area contributed by atoms with E-state index in [1.54, 1.807) is 18.2 Å². The predicted molar refractivity (Wildman–Crippen MR) is 78.1 cm³/mol. The van der Waals surface area contributed by atoms with Crippen LogP contribution in [0.2, 0.25) is 0 Å². The zero-order valence-electron chi connectivity index (χ0n) is 11.7. The molecule has 6 heteroatoms. The average Bonchev–Trinajstić information content (AvgIpc) is 2.54. The van der Waals surface area contributed by atoms with Gasteiger partial charge in [-0.2, -0.15) is 4.31 Å². The Bertz CT molecular complexity index is 802. The molecule has 0 saturated carbocycles. The minimum atomic E-state index is -3.89. The van der Waals surface area contributed by atoms with Crippen molar-refractivity contribution in [3.8, 4) is 0 Å². The van der Waals surface area contributed by atoms with Gasteiger partial charge < -0.3 is 9.90 Å². The topological polar surface area (TPSA) is 77.5 Å². The predicted octanol–water partition coefficient (Wildman–Crippen LogP) is 0.552. The Morgan fingerprint density at radius 3 is 2.23 bits per heavy atom. The van der Waals surface area contributed by atoms with Crippen LogP contribution in [0.4, 0.5) is 0 Å². The highest BCUT2D eigenvalue weighted by molar-refractivity contribution is 7.89. The number of rotatable bonds is 3. The summed E-state index contributed by atoms with van der Waals surface area (Å²) in [5, 5.41) is 11.4. The van der Waals surface area contributed by atoms with Gasteiger partial charge >= 0.3 is 0 Å². The van der Waals surface area contributed by atoms with Crippen molar-refractivity contribution in [3.05, 3.63) is 65.7 Å². The molecule has 0 unspecified atom stereocenters. The molecule has 0 radical (unpaired) electrons. The van der Waals surface area contributed by atoms with Crippen LogP contribution in [0.3, 0.4) is 0 Å². The molecular weight excluding hydrogens is 302 g/mol. The first kappa shape index (κ1) is 14.7. The molecule has 0 fully saturated rings. The Hall–Kier alpha value is -2.18. The number of carboxylic acids is 1. The monoisotopic (exact) mass is 316 g/mol. The van der Waals surface area contributed by atoms with E-state index < -0.39 is 22.0 Å². The summed E-state index contributed by atoms with van der Waals surface area (Å²) in [5.41, 5.74) is 1.66. The summed E-state index contributed by atoms with van der Waals surface area (Å²) >= 11 is 0. The second kappa shape index (κ2) is 5.55. The molecular formula is C16H14NO4S-. The molecule has 2 aromatic rings. The van der Waals surface area contributed by atoms with Crippen LogP contribution >= 0.6 is 0 Å². The molecule has 1 heterocycles. The van der Waals surface area contributed by atoms with Crippen LogP contribution in [-0.2, 0) is 27.8 Å². The molecule has 0 aliphatic carbocycles. The van der Waals surface area contributed by atoms with E-state index in [-0.39, 0.29) is 17.9 Å². The quantitative estimate of drug-likeness (QED) is 0.828. The Morgan fingerprint density at radius 1 is 1.00 bits per heavy atom. The van der Waals surface area contributed by atoms with Crippen LogP contribution < -0.4 is 5.11 Å². The molecule has 0 N–H and O–H groups in total. The lowest BCUT2D eigenvalue weighted by atomic mass is 9.96. The first-order valence-corrected chi connectivity index (χ1v) is 8.28. The largest absolute Gasteiger partial charge is 0.548 e. The zero-order valence-corrected chi connectivity index (χ0v) is 12.5. The zero-order chi connectivity index (χ0) is 15.7. The van der Waals surface area contributed by atoms with Gasteiger partial charge in [0.2, 0.25) is 10.0 Å². The van der Waals surface area contributed by atoms with Crippen molar-refractivity contribution >= 4 is 16.0 Å². The lowest BCUT2D eigenvalue weighted by Gasteiger charge is -2.36. The second-order valence-corrected chi connectivity index (χ2v) is 7.06. The molecule has 2 aromatic carbocycles. The fraction of sp³-hybridized carbons (Fsp3) is 0.188. The summed E-state index contributed by atoms with van der Waals surface area (Å²) in [6.45, 7) is 0.0338. The molecule has 0 bridgehead atoms. The molecule has 3 rings (SSSR count). The molecule has 1 atom stereocenters. The van der Waals surface area contributed by atoms with E-state index >= 15 is 0 Å². The van der Waals surface area contributed by atoms with Crippen molar-refractivity contribution < 1.29 is 18.3 Å². The van der Waals surface area contributed by atoms with Crippen LogP contribution in [0.25, 0.3) is 0 Å². The molecule has 0 amide bonds. The number of benzene rings is 2. The van der Waals surface area contributed by atoms with Crippen molar-refractivity contribution in [2.75, 3.05) is 0 Å². The third-order valence-corrected chi connectivity index (χ3v) is 5.70. The smallest absolute Gasteiger partial charge is 0.243 e. The number of hydrogen-bond acceptors (Lipinski definition) is 4. The fourth-order valence-corrected chi connectivity index (χ4v) is 4.26. The maximum Gasteiger partial charge on any atom is 0.243 e. The Morgan fingerprint density at radius 2 is 1.59 bits per heavy atom. The number of carbonyl (C=O) groups is 1. The van der Waals surface area contributed by atoms with Crippen LogP contribution in [-0.4, -0.2) is 24.7 Å². The Kier molecular flexibility index (Phi) is 3.72. The highest BCUT2D eigenvalue weighted by atomic mass is 32.2. The lowest BCUT2D eigenvalue weighted by Crippen LogP contribution is -2.53. The van der Waals surface area contributed by atoms with Crippen molar-refractivity contribution in [1.29, 1.82) is 0 Å². The number of fused-ring (bicyclic) bond motifs is 1. The van der Waals surface area contributed by atoms with Gasteiger partial charge in [-0.3, -0.25) is 0 Å². The van der Waals surface area contributed by atoms with Crippen molar-refractivity contribution in [3.63, 3.8) is 0 Å². The van der Waals surface area contributed by atoms with E-state index in [0.29, 0.717) is 0 Å². The average molecular weight is 316 g/mol. The highest BCUT2D eigenvalue weighted by Crippen LogP contribution is 2.28. The molecule has 1 aliphatic heterocycles. The third kappa shape index (κ3) is 2.51. The van der Waals surface area contributed by atoms with Crippen molar-refractivity contribution in [1.82, 2.24) is 4.31 Å². The fourth-order valence-electron chi connectivity index (χ4n) is 2.68. The summed E-state index contributed by atoms with van der Waals surface area (Å²) in [6.07, 6.45) is 0.116. The molecule has 22 heavy (non-hydrogen) atoms. The SMILES string of the molecule is O=C([O-])[C@H]1Cc2ccccc2CN1S(=O)(=O)c1ccccc1. The van der Waals surface area contributed by atoms with E-state index in [1.807, 2.05) is 24.3 Å². The number of sulfonamides is 1. The number of nitrogens with zero attached hydrogens (tertiary/aromatic N) is 1. The van der Waals surface area contributed by atoms with Gasteiger partial charge in [-0.1, -0.05) is 42.5 Å². The van der Waals surface area contributed by atoms with E-state index in [2.05, 4.69) is 0 Å². The van der Waals surface area contributed by atoms with Gasteiger partial charge in [-0.15, -0.1) is 0 Å². The van der Waals surface area contributed by atoms with Gasteiger partial charge in [0.25, 0.3) is 0 Å². The first-order valence-electron chi connectivity index (χ1n) is 6.84. The van der Waals surface area contributed by atoms with Gasteiger partial charge in [0.15, 0.2) is 0 Å². The van der Waals surface area contributed by atoms with Crippen molar-refractivity contribution in [2.24, 2.45) is 0 Å². The third-order valence-electron chi connectivity index (χ3n) is 3.83. The van der Waals surface area contributed by atoms with Crippen LogP contribution in [0.1, 0.15) is 11.1 Å². The van der Waals surface area contributed by atoms with Gasteiger partial charge in [0.1, 0.15) is 0 Å². The van der Waals surface area contributed by atoms with Crippen LogP contribution in [0, 0.1) is 0 Å². The summed E-state index contributed by atoms with van der Waals surface area (Å²) in [6, 6.07) is 13.9. The molecule has 0 aromatic heterocycles. The van der Waals surface area contributed by atoms with E-state index in [9.17, 15) is 18.3 Å². The summed E-state index contributed by atoms with van der Waals surface area (Å²) < 4.78 is 26.5. The Balaban J connectivity index is 2.07. The maximum absolute atomic E-state index is 12.7. The van der Waals surface area contributed by atoms with Gasteiger partial charge in [0, 0.05) is 6.54 Å². The molecule has 1 aliphatic rings. The molecule has 0 saturated heterocycles. The number of carbonyl (C=O) groups excluding carboxylic acids is 1. The summed E-state index contributed by atoms with van der Waals surface area (Å²) in [7, 11) is -3.89. The first-order chi connectivity index (χ1) is 10.5. The lowest BCUT2D eigenvalue weighted by molar-refractivity contribution is -0.310. The second-order valence-electron chi connectivity index (χ2n) is 5.17. The molecule has 5 nitrogen and oxygen atoms in total. The van der Waals surface area contributed by atoms with Crippen LogP contribution in [0.15, 0.2) is 59.5 Å². The highest BCUT2D eigenvalue weighted by Gasteiger charge is 2.36. The minimum Gasteiger partial charge on any atom is -0.548 e. The normalized spacial score (nSPS) is 18.6. The maximum atomic E-state index is 12.7.